The molecule has 1 heterocycles. The van der Waals surface area contributed by atoms with E-state index in [4.69, 9.17) is 5.73 Å². The molecule has 1 fully saturated rings. The summed E-state index contributed by atoms with van der Waals surface area (Å²) in [4.78, 5) is 14.1. The lowest BCUT2D eigenvalue weighted by Gasteiger charge is -2.35. The van der Waals surface area contributed by atoms with Crippen LogP contribution in [0.4, 0.5) is 0 Å². The van der Waals surface area contributed by atoms with Gasteiger partial charge in [-0.2, -0.15) is 0 Å². The summed E-state index contributed by atoms with van der Waals surface area (Å²) in [6.45, 7) is 9.77. The molecule has 0 aromatic carbocycles. The molecule has 2 atom stereocenters. The maximum Gasteiger partial charge on any atom is 0.237 e. The zero-order valence-electron chi connectivity index (χ0n) is 11.3. The predicted molar refractivity (Wildman–Crippen MR) is 73.4 cm³/mol. The number of nitrogens with zero attached hydrogens (tertiary/aromatic N) is 1. The van der Waals surface area contributed by atoms with Crippen molar-refractivity contribution in [2.75, 3.05) is 13.1 Å². The van der Waals surface area contributed by atoms with Crippen LogP contribution in [0.5, 0.6) is 0 Å². The third-order valence-corrected chi connectivity index (χ3v) is 2.91. The van der Waals surface area contributed by atoms with Crippen molar-refractivity contribution in [2.24, 2.45) is 5.73 Å². The Kier molecular flexibility index (Phi) is 6.45. The summed E-state index contributed by atoms with van der Waals surface area (Å²) >= 11 is 0. The van der Waals surface area contributed by atoms with Crippen molar-refractivity contribution in [3.05, 3.63) is 0 Å². The van der Waals surface area contributed by atoms with Crippen LogP contribution < -0.4 is 11.1 Å². The Morgan fingerprint density at radius 3 is 2.53 bits per heavy atom. The summed E-state index contributed by atoms with van der Waals surface area (Å²) in [6.07, 6.45) is 2.17. The zero-order chi connectivity index (χ0) is 12.3. The maximum atomic E-state index is 12.0. The standard InChI is InChI=1S/C12H25N3O.ClH/c1-9(11(16)14-12(2,3)4)15-7-5-6-10(13)8-15;/h9-10H,5-8,13H2,1-4H3,(H,14,16);1H/t9?,10-;/m1./s1. The van der Waals surface area contributed by atoms with Crippen LogP contribution in [0.15, 0.2) is 0 Å². The third-order valence-electron chi connectivity index (χ3n) is 2.91. The molecule has 1 rings (SSSR count). The highest BCUT2D eigenvalue weighted by atomic mass is 35.5. The highest BCUT2D eigenvalue weighted by Crippen LogP contribution is 2.12. The summed E-state index contributed by atoms with van der Waals surface area (Å²) in [5.74, 6) is 0.0987. The fraction of sp³-hybridized carbons (Fsp3) is 0.917. The number of hydrogen-bond acceptors (Lipinski definition) is 3. The maximum absolute atomic E-state index is 12.0. The van der Waals surface area contributed by atoms with E-state index < -0.39 is 0 Å². The minimum atomic E-state index is -0.163. The first-order chi connectivity index (χ1) is 7.29. The Balaban J connectivity index is 0.00000256. The van der Waals surface area contributed by atoms with Gasteiger partial charge in [-0.05, 0) is 47.1 Å². The van der Waals surface area contributed by atoms with Gasteiger partial charge in [0.25, 0.3) is 0 Å². The number of halogens is 1. The molecular formula is C12H26ClN3O. The number of nitrogens with one attached hydrogen (secondary N) is 1. The second-order valence-corrected chi connectivity index (χ2v) is 5.81. The van der Waals surface area contributed by atoms with Gasteiger partial charge < -0.3 is 11.1 Å². The molecule has 1 amide bonds. The van der Waals surface area contributed by atoms with Gasteiger partial charge in [-0.15, -0.1) is 12.4 Å². The quantitative estimate of drug-likeness (QED) is 0.785. The van der Waals surface area contributed by atoms with Crippen molar-refractivity contribution < 1.29 is 4.79 Å². The van der Waals surface area contributed by atoms with Crippen molar-refractivity contribution in [1.82, 2.24) is 10.2 Å². The van der Waals surface area contributed by atoms with Crippen molar-refractivity contribution in [3.63, 3.8) is 0 Å². The smallest absolute Gasteiger partial charge is 0.237 e. The van der Waals surface area contributed by atoms with Crippen molar-refractivity contribution in [1.29, 1.82) is 0 Å². The minimum Gasteiger partial charge on any atom is -0.350 e. The van der Waals surface area contributed by atoms with Crippen LogP contribution in [-0.4, -0.2) is 41.5 Å². The van der Waals surface area contributed by atoms with E-state index in [1.165, 1.54) is 0 Å². The Labute approximate surface area is 111 Å². The summed E-state index contributed by atoms with van der Waals surface area (Å²) in [5.41, 5.74) is 5.75. The molecule has 5 heteroatoms. The average Bonchev–Trinajstić information content (AvgIpc) is 2.14. The van der Waals surface area contributed by atoms with Gasteiger partial charge >= 0.3 is 0 Å². The van der Waals surface area contributed by atoms with Crippen LogP contribution in [-0.2, 0) is 4.79 Å². The largest absolute Gasteiger partial charge is 0.350 e. The van der Waals surface area contributed by atoms with Crippen LogP contribution >= 0.6 is 12.4 Å². The zero-order valence-corrected chi connectivity index (χ0v) is 12.1. The third kappa shape index (κ3) is 5.70. The second kappa shape index (κ2) is 6.57. The van der Waals surface area contributed by atoms with Crippen LogP contribution in [0.3, 0.4) is 0 Å². The molecular weight excluding hydrogens is 238 g/mol. The molecule has 0 bridgehead atoms. The lowest BCUT2D eigenvalue weighted by atomic mass is 10.0. The molecule has 1 unspecified atom stereocenters. The molecule has 1 saturated heterocycles. The molecule has 1 aliphatic rings. The number of carbonyl (C=O) groups excluding carboxylic acids is 1. The number of likely N-dealkylation sites (tertiary alicyclic amines) is 1. The first-order valence-electron chi connectivity index (χ1n) is 6.11. The van der Waals surface area contributed by atoms with Gasteiger partial charge in [-0.1, -0.05) is 0 Å². The Hall–Kier alpha value is -0.320. The predicted octanol–water partition coefficient (Wildman–Crippen LogP) is 1.13. The summed E-state index contributed by atoms with van der Waals surface area (Å²) < 4.78 is 0. The number of nitrogens with two attached hydrogens (primary N) is 1. The van der Waals surface area contributed by atoms with Crippen LogP contribution in [0.1, 0.15) is 40.5 Å². The Morgan fingerprint density at radius 1 is 1.47 bits per heavy atom. The van der Waals surface area contributed by atoms with Crippen molar-refractivity contribution >= 4 is 18.3 Å². The monoisotopic (exact) mass is 263 g/mol. The molecule has 4 nitrogen and oxygen atoms in total. The molecule has 3 N–H and O–H groups in total. The number of piperidine rings is 1. The second-order valence-electron chi connectivity index (χ2n) is 5.81. The van der Waals surface area contributed by atoms with Gasteiger partial charge in [-0.3, -0.25) is 9.69 Å². The van der Waals surface area contributed by atoms with Gasteiger partial charge in [-0.25, -0.2) is 0 Å². The molecule has 0 spiro atoms. The molecule has 0 saturated carbocycles. The lowest BCUT2D eigenvalue weighted by Crippen LogP contribution is -2.54. The molecule has 0 aromatic rings. The lowest BCUT2D eigenvalue weighted by molar-refractivity contribution is -0.127. The molecule has 17 heavy (non-hydrogen) atoms. The molecule has 102 valence electrons. The molecule has 0 aliphatic carbocycles. The van der Waals surface area contributed by atoms with Gasteiger partial charge in [0.05, 0.1) is 6.04 Å². The number of carbonyl (C=O) groups is 1. The van der Waals surface area contributed by atoms with Gasteiger partial charge in [0.1, 0.15) is 0 Å². The summed E-state index contributed by atoms with van der Waals surface area (Å²) in [7, 11) is 0. The number of rotatable bonds is 2. The van der Waals surface area contributed by atoms with E-state index in [9.17, 15) is 4.79 Å². The number of amides is 1. The topological polar surface area (TPSA) is 58.4 Å². The first-order valence-corrected chi connectivity index (χ1v) is 6.11. The normalized spacial score (nSPS) is 23.7. The molecule has 1 aliphatic heterocycles. The summed E-state index contributed by atoms with van der Waals surface area (Å²) in [5, 5.41) is 3.01. The van der Waals surface area contributed by atoms with Crippen LogP contribution in [0.25, 0.3) is 0 Å². The van der Waals surface area contributed by atoms with Gasteiger partial charge in [0.15, 0.2) is 0 Å². The average molecular weight is 264 g/mol. The van der Waals surface area contributed by atoms with Crippen LogP contribution in [0, 0.1) is 0 Å². The first kappa shape index (κ1) is 16.7. The van der Waals surface area contributed by atoms with Gasteiger partial charge in [0.2, 0.25) is 5.91 Å². The van der Waals surface area contributed by atoms with Crippen molar-refractivity contribution in [2.45, 2.75) is 58.2 Å². The van der Waals surface area contributed by atoms with E-state index in [1.807, 2.05) is 27.7 Å². The van der Waals surface area contributed by atoms with E-state index in [1.54, 1.807) is 0 Å². The summed E-state index contributed by atoms with van der Waals surface area (Å²) in [6, 6.07) is 0.143. The van der Waals surface area contributed by atoms with Crippen molar-refractivity contribution in [3.8, 4) is 0 Å². The minimum absolute atomic E-state index is 0. The van der Waals surface area contributed by atoms with Gasteiger partial charge in [0, 0.05) is 18.1 Å². The molecule has 0 aromatic heterocycles. The van der Waals surface area contributed by atoms with E-state index in [0.717, 1.165) is 25.9 Å². The SMILES string of the molecule is CC(C(=O)NC(C)(C)C)N1CCC[C@@H](N)C1.Cl. The van der Waals surface area contributed by atoms with E-state index >= 15 is 0 Å². The molecule has 0 radical (unpaired) electrons. The van der Waals surface area contributed by atoms with Crippen LogP contribution in [0.2, 0.25) is 0 Å². The van der Waals surface area contributed by atoms with E-state index in [0.29, 0.717) is 0 Å². The fourth-order valence-electron chi connectivity index (χ4n) is 2.03. The highest BCUT2D eigenvalue weighted by molar-refractivity contribution is 5.85. The Bertz CT molecular complexity index is 253. The Morgan fingerprint density at radius 2 is 2.06 bits per heavy atom. The van der Waals surface area contributed by atoms with E-state index in [-0.39, 0.29) is 35.9 Å². The number of hydrogen-bond donors (Lipinski definition) is 2. The fourth-order valence-corrected chi connectivity index (χ4v) is 2.03. The van der Waals surface area contributed by atoms with E-state index in [2.05, 4.69) is 10.2 Å². The highest BCUT2D eigenvalue weighted by Gasteiger charge is 2.27.